The maximum atomic E-state index is 13.3. The molecule has 1 atom stereocenters. The van der Waals surface area contributed by atoms with Crippen LogP contribution in [0.4, 0.5) is 5.69 Å². The van der Waals surface area contributed by atoms with E-state index in [2.05, 4.69) is 5.32 Å². The number of methoxy groups -OCH3 is 2. The Labute approximate surface area is 208 Å². The molecular formula is C25H35N3O6S. The fraction of sp³-hybridized carbons (Fsp3) is 0.440. The first kappa shape index (κ1) is 28.0. The van der Waals surface area contributed by atoms with Crippen molar-refractivity contribution < 1.29 is 27.5 Å². The summed E-state index contributed by atoms with van der Waals surface area (Å²) >= 11 is 0. The van der Waals surface area contributed by atoms with Crippen LogP contribution in [0, 0.1) is 0 Å². The topological polar surface area (TPSA) is 105 Å². The second-order valence-corrected chi connectivity index (χ2v) is 9.93. The van der Waals surface area contributed by atoms with Gasteiger partial charge < -0.3 is 19.7 Å². The zero-order valence-electron chi connectivity index (χ0n) is 21.0. The van der Waals surface area contributed by atoms with E-state index in [9.17, 15) is 18.0 Å². The molecule has 0 aliphatic heterocycles. The average molecular weight is 506 g/mol. The number of sulfonamides is 1. The van der Waals surface area contributed by atoms with Gasteiger partial charge in [0.15, 0.2) is 0 Å². The number of carbonyl (C=O) groups is 2. The van der Waals surface area contributed by atoms with E-state index < -0.39 is 16.1 Å². The van der Waals surface area contributed by atoms with E-state index in [1.165, 1.54) is 18.5 Å². The third kappa shape index (κ3) is 7.61. The van der Waals surface area contributed by atoms with Gasteiger partial charge in [-0.05, 0) is 42.7 Å². The van der Waals surface area contributed by atoms with E-state index in [1.807, 2.05) is 19.1 Å². The molecule has 0 fully saturated rings. The van der Waals surface area contributed by atoms with Crippen molar-refractivity contribution >= 4 is 27.5 Å². The molecule has 1 N–H and O–H groups in total. The number of carbonyl (C=O) groups excluding carboxylic acids is 2. The van der Waals surface area contributed by atoms with Crippen LogP contribution in [0.1, 0.15) is 31.7 Å². The third-order valence-electron chi connectivity index (χ3n) is 5.65. The molecule has 0 spiro atoms. The molecule has 0 radical (unpaired) electrons. The minimum absolute atomic E-state index is 0.0742. The van der Waals surface area contributed by atoms with Crippen LogP contribution in [-0.2, 0) is 26.2 Å². The predicted octanol–water partition coefficient (Wildman–Crippen LogP) is 2.80. The molecule has 9 nitrogen and oxygen atoms in total. The average Bonchev–Trinajstić information content (AvgIpc) is 2.85. The maximum absolute atomic E-state index is 13.3. The Morgan fingerprint density at radius 1 is 1.03 bits per heavy atom. The largest absolute Gasteiger partial charge is 0.497 e. The second kappa shape index (κ2) is 13.0. The number of likely N-dealkylation sites (N-methyl/N-ethyl adjacent to an activating group) is 1. The lowest BCUT2D eigenvalue weighted by atomic mass is 10.1. The van der Waals surface area contributed by atoms with Gasteiger partial charge in [0.25, 0.3) is 0 Å². The highest BCUT2D eigenvalue weighted by molar-refractivity contribution is 7.92. The highest BCUT2D eigenvalue weighted by Gasteiger charge is 2.28. The van der Waals surface area contributed by atoms with Gasteiger partial charge in [0, 0.05) is 26.6 Å². The number of anilines is 1. The number of ether oxygens (including phenoxy) is 2. The first-order valence-electron chi connectivity index (χ1n) is 11.4. The van der Waals surface area contributed by atoms with Gasteiger partial charge in [-0.3, -0.25) is 13.9 Å². The van der Waals surface area contributed by atoms with Crippen molar-refractivity contribution in [3.63, 3.8) is 0 Å². The zero-order chi connectivity index (χ0) is 26.0. The summed E-state index contributed by atoms with van der Waals surface area (Å²) in [5, 5.41) is 2.63. The lowest BCUT2D eigenvalue weighted by Crippen LogP contribution is -2.48. The van der Waals surface area contributed by atoms with Crippen LogP contribution >= 0.6 is 0 Å². The molecule has 2 aromatic rings. The molecule has 192 valence electrons. The van der Waals surface area contributed by atoms with Crippen LogP contribution in [0.15, 0.2) is 48.5 Å². The predicted molar refractivity (Wildman–Crippen MR) is 136 cm³/mol. The van der Waals surface area contributed by atoms with Gasteiger partial charge in [0.05, 0.1) is 26.2 Å². The van der Waals surface area contributed by atoms with Gasteiger partial charge in [-0.2, -0.15) is 0 Å². The minimum Gasteiger partial charge on any atom is -0.497 e. The van der Waals surface area contributed by atoms with Crippen molar-refractivity contribution in [2.45, 2.75) is 38.8 Å². The summed E-state index contributed by atoms with van der Waals surface area (Å²) in [5.41, 5.74) is 1.27. The molecule has 0 bridgehead atoms. The Morgan fingerprint density at radius 2 is 1.69 bits per heavy atom. The lowest BCUT2D eigenvalue weighted by Gasteiger charge is -2.31. The summed E-state index contributed by atoms with van der Waals surface area (Å²) < 4.78 is 36.7. The third-order valence-corrected chi connectivity index (χ3v) is 6.83. The summed E-state index contributed by atoms with van der Waals surface area (Å²) in [5.74, 6) is 0.643. The number of rotatable bonds is 13. The molecule has 1 unspecified atom stereocenters. The highest BCUT2D eigenvalue weighted by Crippen LogP contribution is 2.29. The molecule has 0 saturated carbocycles. The van der Waals surface area contributed by atoms with Crippen LogP contribution in [0.3, 0.4) is 0 Å². The van der Waals surface area contributed by atoms with Gasteiger partial charge in [0.1, 0.15) is 17.5 Å². The number of hydrogen-bond acceptors (Lipinski definition) is 6. The van der Waals surface area contributed by atoms with E-state index in [0.29, 0.717) is 23.6 Å². The lowest BCUT2D eigenvalue weighted by molar-refractivity contribution is -0.141. The Hall–Kier alpha value is -3.27. The van der Waals surface area contributed by atoms with Crippen LogP contribution in [-0.4, -0.2) is 65.2 Å². The number of amides is 2. The summed E-state index contributed by atoms with van der Waals surface area (Å²) in [4.78, 5) is 27.4. The van der Waals surface area contributed by atoms with E-state index in [-0.39, 0.29) is 37.7 Å². The first-order valence-corrected chi connectivity index (χ1v) is 13.3. The van der Waals surface area contributed by atoms with Crippen LogP contribution in [0.2, 0.25) is 0 Å². The number of nitrogens with zero attached hydrogens (tertiary/aromatic N) is 2. The summed E-state index contributed by atoms with van der Waals surface area (Å²) in [7, 11) is 0.984. The van der Waals surface area contributed by atoms with Crippen molar-refractivity contribution in [3.8, 4) is 11.5 Å². The van der Waals surface area contributed by atoms with Crippen LogP contribution < -0.4 is 19.1 Å². The van der Waals surface area contributed by atoms with Gasteiger partial charge in [-0.25, -0.2) is 8.42 Å². The van der Waals surface area contributed by atoms with Crippen molar-refractivity contribution in [1.29, 1.82) is 0 Å². The van der Waals surface area contributed by atoms with Gasteiger partial charge >= 0.3 is 0 Å². The molecular weight excluding hydrogens is 470 g/mol. The summed E-state index contributed by atoms with van der Waals surface area (Å²) in [6.07, 6.45) is 1.91. The molecule has 0 heterocycles. The van der Waals surface area contributed by atoms with Gasteiger partial charge in [-0.1, -0.05) is 31.2 Å². The van der Waals surface area contributed by atoms with Crippen LogP contribution in [0.5, 0.6) is 11.5 Å². The Morgan fingerprint density at radius 3 is 2.23 bits per heavy atom. The number of para-hydroxylation sites is 2. The smallest absolute Gasteiger partial charge is 0.242 e. The van der Waals surface area contributed by atoms with Crippen molar-refractivity contribution in [1.82, 2.24) is 10.2 Å². The Bertz CT molecular complexity index is 1090. The Balaban J connectivity index is 2.21. The fourth-order valence-electron chi connectivity index (χ4n) is 3.83. The molecule has 35 heavy (non-hydrogen) atoms. The SMILES string of the molecule is CCC(C(=O)NC)N(Cc1ccc(OC)cc1)C(=O)CCCN(c1ccccc1OC)S(C)(=O)=O. The molecule has 2 rings (SSSR count). The highest BCUT2D eigenvalue weighted by atomic mass is 32.2. The van der Waals surface area contributed by atoms with E-state index >= 15 is 0 Å². The molecule has 0 aromatic heterocycles. The monoisotopic (exact) mass is 505 g/mol. The summed E-state index contributed by atoms with van der Waals surface area (Å²) in [6, 6.07) is 13.5. The normalized spacial score (nSPS) is 11.9. The fourth-order valence-corrected chi connectivity index (χ4v) is 4.80. The van der Waals surface area contributed by atoms with Crippen molar-refractivity contribution in [2.75, 3.05) is 38.4 Å². The zero-order valence-corrected chi connectivity index (χ0v) is 21.8. The molecule has 2 aromatic carbocycles. The van der Waals surface area contributed by atoms with Gasteiger partial charge in [0.2, 0.25) is 21.8 Å². The number of benzene rings is 2. The standard InChI is InChI=1S/C25H35N3O6S/c1-6-21(25(30)26-2)27(18-19-13-15-20(33-3)16-14-19)24(29)12-9-17-28(35(5,31)32)22-10-7-8-11-23(22)34-4/h7-8,10-11,13-16,21H,6,9,12,17-18H2,1-5H3,(H,26,30). The molecule has 0 saturated heterocycles. The van der Waals surface area contributed by atoms with E-state index in [1.54, 1.807) is 48.4 Å². The number of hydrogen-bond donors (Lipinski definition) is 1. The van der Waals surface area contributed by atoms with E-state index in [4.69, 9.17) is 9.47 Å². The molecule has 0 aliphatic carbocycles. The maximum Gasteiger partial charge on any atom is 0.242 e. The molecule has 2 amide bonds. The van der Waals surface area contributed by atoms with Crippen molar-refractivity contribution in [3.05, 3.63) is 54.1 Å². The minimum atomic E-state index is -3.61. The molecule has 10 heteroatoms. The van der Waals surface area contributed by atoms with Crippen molar-refractivity contribution in [2.24, 2.45) is 0 Å². The first-order chi connectivity index (χ1) is 16.7. The van der Waals surface area contributed by atoms with Crippen LogP contribution in [0.25, 0.3) is 0 Å². The molecule has 0 aliphatic rings. The second-order valence-electron chi connectivity index (χ2n) is 8.02. The summed E-state index contributed by atoms with van der Waals surface area (Å²) in [6.45, 7) is 2.19. The quantitative estimate of drug-likeness (QED) is 0.449. The number of nitrogens with one attached hydrogen (secondary N) is 1. The Kier molecular flexibility index (Phi) is 10.4. The van der Waals surface area contributed by atoms with E-state index in [0.717, 1.165) is 11.8 Å². The van der Waals surface area contributed by atoms with Gasteiger partial charge in [-0.15, -0.1) is 0 Å².